The zero-order chi connectivity index (χ0) is 22.8. The number of halogens is 1. The van der Waals surface area contributed by atoms with Crippen LogP contribution in [-0.2, 0) is 16.0 Å². The number of Topliss-reactive ketones (excluding diaryl/α,β-unsaturated/α-hetero) is 2. The average molecular weight is 449 g/mol. The second-order valence-electron chi connectivity index (χ2n) is 8.24. The van der Waals surface area contributed by atoms with Gasteiger partial charge in [-0.15, -0.1) is 11.6 Å². The van der Waals surface area contributed by atoms with E-state index < -0.39 is 57.4 Å². The maximum absolute atomic E-state index is 13.2. The fourth-order valence-electron chi connectivity index (χ4n) is 4.79. The highest BCUT2D eigenvalue weighted by atomic mass is 35.5. The van der Waals surface area contributed by atoms with Crippen molar-refractivity contribution in [2.24, 2.45) is 11.8 Å². The van der Waals surface area contributed by atoms with Crippen LogP contribution >= 0.6 is 11.6 Å². The molecule has 3 aliphatic rings. The lowest BCUT2D eigenvalue weighted by molar-refractivity contribution is -0.144. The number of carbonyl (C=O) groups excluding carboxylic acids is 3. The third-order valence-electron chi connectivity index (χ3n) is 6.16. The maximum Gasteiger partial charge on any atom is 0.272 e. The number of allylic oxidation sites excluding steroid dienone is 2. The summed E-state index contributed by atoms with van der Waals surface area (Å²) in [7, 11) is 2.96. The molecule has 4 unspecified atom stereocenters. The highest BCUT2D eigenvalue weighted by Crippen LogP contribution is 2.52. The minimum Gasteiger partial charge on any atom is -0.510 e. The lowest BCUT2D eigenvalue weighted by atomic mass is 9.60. The van der Waals surface area contributed by atoms with Gasteiger partial charge in [0.25, 0.3) is 5.91 Å². The predicted molar refractivity (Wildman–Crippen MR) is 108 cm³/mol. The summed E-state index contributed by atoms with van der Waals surface area (Å²) in [5.74, 6) is -6.59. The highest BCUT2D eigenvalue weighted by Gasteiger charge is 2.62. The summed E-state index contributed by atoms with van der Waals surface area (Å²) in [6.07, 6.45) is 0.265. The number of benzene rings is 1. The number of nitrogens with one attached hydrogen (secondary N) is 1. The van der Waals surface area contributed by atoms with Gasteiger partial charge < -0.3 is 20.4 Å². The molecular formula is C21H21ClN2O7. The Morgan fingerprint density at radius 1 is 1.23 bits per heavy atom. The van der Waals surface area contributed by atoms with Gasteiger partial charge >= 0.3 is 0 Å². The number of ketones is 2. The van der Waals surface area contributed by atoms with Crippen LogP contribution in [0.15, 0.2) is 40.9 Å². The van der Waals surface area contributed by atoms with Crippen molar-refractivity contribution >= 4 is 29.1 Å². The van der Waals surface area contributed by atoms with Gasteiger partial charge in [-0.3, -0.25) is 19.8 Å². The fraction of sp³-hybridized carbons (Fsp3) is 0.381. The number of alkyl halides is 1. The van der Waals surface area contributed by atoms with Crippen molar-refractivity contribution in [3.8, 4) is 5.75 Å². The third-order valence-corrected chi connectivity index (χ3v) is 6.67. The van der Waals surface area contributed by atoms with E-state index in [-0.39, 0.29) is 29.7 Å². The van der Waals surface area contributed by atoms with Gasteiger partial charge in [-0.2, -0.15) is 0 Å². The molecule has 5 N–H and O–H groups in total. The van der Waals surface area contributed by atoms with Crippen molar-refractivity contribution in [3.05, 3.63) is 52.0 Å². The Labute approximate surface area is 182 Å². The van der Waals surface area contributed by atoms with Gasteiger partial charge in [0.1, 0.15) is 22.8 Å². The Bertz CT molecular complexity index is 1090. The number of carbonyl (C=O) groups is 3. The number of aliphatic hydroxyl groups excluding tert-OH is 2. The van der Waals surface area contributed by atoms with Crippen molar-refractivity contribution in [1.82, 2.24) is 10.4 Å². The molecule has 164 valence electrons. The first-order valence-corrected chi connectivity index (χ1v) is 10.1. The zero-order valence-electron chi connectivity index (χ0n) is 16.7. The Balaban J connectivity index is 1.88. The number of hydrogen-bond donors (Lipinski definition) is 5. The number of phenols is 1. The maximum atomic E-state index is 13.2. The summed E-state index contributed by atoms with van der Waals surface area (Å²) in [5.41, 5.74) is -0.790. The molecule has 0 bridgehead atoms. The molecule has 0 saturated heterocycles. The van der Waals surface area contributed by atoms with E-state index in [1.54, 1.807) is 12.1 Å². The summed E-state index contributed by atoms with van der Waals surface area (Å²) in [5, 5.41) is 42.9. The topological polar surface area (TPSA) is 147 Å². The van der Waals surface area contributed by atoms with Crippen molar-refractivity contribution in [2.45, 2.75) is 23.8 Å². The molecule has 0 heterocycles. The summed E-state index contributed by atoms with van der Waals surface area (Å²) in [6, 6.07) is 4.60. The van der Waals surface area contributed by atoms with E-state index in [1.807, 2.05) is 0 Å². The number of phenolic OH excluding ortho intramolecular Hbond substituents is 1. The smallest absolute Gasteiger partial charge is 0.272 e. The Kier molecular flexibility index (Phi) is 4.88. The zero-order valence-corrected chi connectivity index (χ0v) is 17.5. The molecule has 1 aromatic carbocycles. The van der Waals surface area contributed by atoms with E-state index in [0.29, 0.717) is 5.56 Å². The van der Waals surface area contributed by atoms with Crippen molar-refractivity contribution in [3.63, 3.8) is 0 Å². The van der Waals surface area contributed by atoms with Crippen LogP contribution in [0.3, 0.4) is 0 Å². The minimum atomic E-state index is -2.67. The Hall–Kier alpha value is -2.88. The van der Waals surface area contributed by atoms with Crippen LogP contribution < -0.4 is 5.43 Å². The number of amides is 1. The molecule has 0 spiro atoms. The van der Waals surface area contributed by atoms with E-state index in [4.69, 9.17) is 11.6 Å². The van der Waals surface area contributed by atoms with Crippen LogP contribution in [-0.4, -0.2) is 68.0 Å². The van der Waals surface area contributed by atoms with Crippen LogP contribution in [0.2, 0.25) is 0 Å². The average Bonchev–Trinajstić information content (AvgIpc) is 2.68. The van der Waals surface area contributed by atoms with Crippen LogP contribution in [0.25, 0.3) is 0 Å². The molecule has 0 aliphatic heterocycles. The molecule has 9 nitrogen and oxygen atoms in total. The molecular weight excluding hydrogens is 428 g/mol. The Morgan fingerprint density at radius 3 is 2.55 bits per heavy atom. The number of aromatic hydroxyl groups is 1. The SMILES string of the molecule is CN(C)NC(=O)C1=C(O)C(Cl)C2CC3Cc4cccc(O)c4C(=O)C3=C(O)C2(O)C1=O. The molecule has 1 aromatic rings. The van der Waals surface area contributed by atoms with E-state index in [2.05, 4.69) is 5.43 Å². The molecule has 0 saturated carbocycles. The first-order chi connectivity index (χ1) is 14.5. The Morgan fingerprint density at radius 2 is 1.90 bits per heavy atom. The number of rotatable bonds is 2. The predicted octanol–water partition coefficient (Wildman–Crippen LogP) is 0.905. The first kappa shape index (κ1) is 21.4. The highest BCUT2D eigenvalue weighted by molar-refractivity contribution is 6.30. The monoisotopic (exact) mass is 448 g/mol. The van der Waals surface area contributed by atoms with E-state index in [0.717, 1.165) is 0 Å². The third kappa shape index (κ3) is 2.88. The largest absolute Gasteiger partial charge is 0.510 e. The number of aliphatic hydroxyl groups is 3. The fourth-order valence-corrected chi connectivity index (χ4v) is 5.18. The van der Waals surface area contributed by atoms with Crippen molar-refractivity contribution < 1.29 is 34.8 Å². The molecule has 4 rings (SSSR count). The summed E-state index contributed by atoms with van der Waals surface area (Å²) < 4.78 is 0. The summed E-state index contributed by atoms with van der Waals surface area (Å²) in [6.45, 7) is 0. The number of fused-ring (bicyclic) bond motifs is 3. The number of hydrogen-bond acceptors (Lipinski definition) is 8. The van der Waals surface area contributed by atoms with Gasteiger partial charge in [-0.1, -0.05) is 12.1 Å². The van der Waals surface area contributed by atoms with Crippen LogP contribution in [0.5, 0.6) is 5.75 Å². The molecule has 1 amide bonds. The van der Waals surface area contributed by atoms with Crippen LogP contribution in [0.4, 0.5) is 0 Å². The number of hydrazine groups is 1. The summed E-state index contributed by atoms with van der Waals surface area (Å²) >= 11 is 6.36. The summed E-state index contributed by atoms with van der Waals surface area (Å²) in [4.78, 5) is 38.8. The van der Waals surface area contributed by atoms with Crippen LogP contribution in [0.1, 0.15) is 22.3 Å². The van der Waals surface area contributed by atoms with Gasteiger partial charge in [0.05, 0.1) is 10.9 Å². The van der Waals surface area contributed by atoms with Gasteiger partial charge in [0, 0.05) is 25.6 Å². The molecule has 0 fully saturated rings. The minimum absolute atomic E-state index is 0.00278. The van der Waals surface area contributed by atoms with E-state index in [9.17, 15) is 34.8 Å². The molecule has 0 radical (unpaired) electrons. The van der Waals surface area contributed by atoms with Gasteiger partial charge in [0.15, 0.2) is 11.4 Å². The standard InChI is InChI=1S/C21H21ClN2O7/c1-24(2)23-20(30)14-17(27)15(22)10-7-9-6-8-4-3-5-11(25)12(8)16(26)13(9)18(28)21(10,31)19(14)29/h3-5,9-10,15,25,27-28,31H,6-7H2,1-2H3,(H,23,30). The first-order valence-electron chi connectivity index (χ1n) is 9.61. The molecule has 4 atom stereocenters. The second kappa shape index (κ2) is 7.08. The van der Waals surface area contributed by atoms with Gasteiger partial charge in [0.2, 0.25) is 5.78 Å². The van der Waals surface area contributed by atoms with Gasteiger partial charge in [-0.25, -0.2) is 5.01 Å². The molecule has 31 heavy (non-hydrogen) atoms. The number of nitrogens with zero attached hydrogens (tertiary/aromatic N) is 1. The normalized spacial score (nSPS) is 30.2. The van der Waals surface area contributed by atoms with Crippen molar-refractivity contribution in [1.29, 1.82) is 0 Å². The molecule has 0 aromatic heterocycles. The lowest BCUT2D eigenvalue weighted by Gasteiger charge is -2.47. The van der Waals surface area contributed by atoms with E-state index in [1.165, 1.54) is 25.2 Å². The van der Waals surface area contributed by atoms with Crippen LogP contribution in [0, 0.1) is 11.8 Å². The van der Waals surface area contributed by atoms with E-state index >= 15 is 0 Å². The molecule has 10 heteroatoms. The van der Waals surface area contributed by atoms with Crippen molar-refractivity contribution in [2.75, 3.05) is 14.1 Å². The van der Waals surface area contributed by atoms with Gasteiger partial charge in [-0.05, 0) is 30.4 Å². The second-order valence-corrected chi connectivity index (χ2v) is 8.71. The quantitative estimate of drug-likeness (QED) is 0.255. The lowest BCUT2D eigenvalue weighted by Crippen LogP contribution is -2.61. The molecule has 3 aliphatic carbocycles.